The summed E-state index contributed by atoms with van der Waals surface area (Å²) < 4.78 is 7.10. The normalized spacial score (nSPS) is 13.9. The third-order valence-electron chi connectivity index (χ3n) is 4.08. The predicted molar refractivity (Wildman–Crippen MR) is 88.9 cm³/mol. The van der Waals surface area contributed by atoms with Crippen LogP contribution in [-0.2, 0) is 6.54 Å². The number of aryl methyl sites for hydroxylation is 1. The van der Waals surface area contributed by atoms with E-state index in [9.17, 15) is 4.79 Å². The van der Waals surface area contributed by atoms with E-state index in [1.165, 1.54) is 6.39 Å². The Morgan fingerprint density at radius 3 is 2.88 bits per heavy atom. The van der Waals surface area contributed by atoms with Crippen molar-refractivity contribution in [2.75, 3.05) is 5.32 Å². The Morgan fingerprint density at radius 2 is 2.12 bits per heavy atom. The van der Waals surface area contributed by atoms with Crippen molar-refractivity contribution in [3.63, 3.8) is 0 Å². The van der Waals surface area contributed by atoms with E-state index in [1.54, 1.807) is 4.68 Å². The predicted octanol–water partition coefficient (Wildman–Crippen LogP) is 3.36. The van der Waals surface area contributed by atoms with Crippen molar-refractivity contribution in [1.29, 1.82) is 0 Å². The molecule has 6 heteroatoms. The number of oxazole rings is 1. The SMILES string of the molecule is Cc1cc(NC(=O)c2ocnc2C2CC2)n(Cc2ccccc2)n1. The summed E-state index contributed by atoms with van der Waals surface area (Å²) in [7, 11) is 0. The van der Waals surface area contributed by atoms with Gasteiger partial charge in [-0.25, -0.2) is 9.67 Å². The van der Waals surface area contributed by atoms with Gasteiger partial charge in [0.05, 0.1) is 17.9 Å². The average Bonchev–Trinajstić information content (AvgIpc) is 3.20. The van der Waals surface area contributed by atoms with Gasteiger partial charge in [0.1, 0.15) is 5.82 Å². The molecule has 0 aliphatic heterocycles. The lowest BCUT2D eigenvalue weighted by Crippen LogP contribution is -2.17. The quantitative estimate of drug-likeness (QED) is 0.782. The first-order chi connectivity index (χ1) is 11.7. The number of carbonyl (C=O) groups is 1. The fourth-order valence-corrected chi connectivity index (χ4v) is 2.77. The van der Waals surface area contributed by atoms with Gasteiger partial charge in [-0.2, -0.15) is 5.10 Å². The molecular formula is C18H18N4O2. The average molecular weight is 322 g/mol. The first-order valence-corrected chi connectivity index (χ1v) is 8.04. The van der Waals surface area contributed by atoms with Crippen molar-refractivity contribution in [2.45, 2.75) is 32.2 Å². The molecule has 1 aromatic carbocycles. The highest BCUT2D eigenvalue weighted by Gasteiger charge is 2.32. The molecule has 1 fully saturated rings. The molecule has 1 amide bonds. The Kier molecular flexibility index (Phi) is 3.65. The molecule has 0 unspecified atom stereocenters. The van der Waals surface area contributed by atoms with E-state index in [0.29, 0.717) is 24.0 Å². The van der Waals surface area contributed by atoms with Gasteiger partial charge >= 0.3 is 0 Å². The number of hydrogen-bond donors (Lipinski definition) is 1. The molecule has 0 bridgehead atoms. The van der Waals surface area contributed by atoms with E-state index < -0.39 is 0 Å². The highest BCUT2D eigenvalue weighted by Crippen LogP contribution is 2.40. The van der Waals surface area contributed by atoms with E-state index in [0.717, 1.165) is 29.8 Å². The molecule has 3 aromatic rings. The maximum atomic E-state index is 12.6. The summed E-state index contributed by atoms with van der Waals surface area (Å²) in [6.07, 6.45) is 3.48. The number of nitrogens with zero attached hydrogens (tertiary/aromatic N) is 3. The molecule has 1 aliphatic rings. The molecule has 2 aromatic heterocycles. The molecule has 0 spiro atoms. The second kappa shape index (κ2) is 5.96. The number of rotatable bonds is 5. The third-order valence-corrected chi connectivity index (χ3v) is 4.08. The van der Waals surface area contributed by atoms with Gasteiger partial charge in [-0.05, 0) is 25.3 Å². The highest BCUT2D eigenvalue weighted by molar-refractivity contribution is 6.02. The molecule has 2 heterocycles. The Bertz CT molecular complexity index is 862. The fraction of sp³-hybridized carbons (Fsp3) is 0.278. The van der Waals surface area contributed by atoms with Gasteiger partial charge in [0.25, 0.3) is 5.91 Å². The van der Waals surface area contributed by atoms with Crippen LogP contribution in [0.2, 0.25) is 0 Å². The Morgan fingerprint density at radius 1 is 1.33 bits per heavy atom. The van der Waals surface area contributed by atoms with Gasteiger partial charge in [-0.1, -0.05) is 30.3 Å². The van der Waals surface area contributed by atoms with Crippen molar-refractivity contribution >= 4 is 11.7 Å². The van der Waals surface area contributed by atoms with Crippen LogP contribution in [0.15, 0.2) is 47.2 Å². The number of nitrogens with one attached hydrogen (secondary N) is 1. The second-order valence-corrected chi connectivity index (χ2v) is 6.11. The maximum Gasteiger partial charge on any atom is 0.294 e. The molecule has 4 rings (SSSR count). The van der Waals surface area contributed by atoms with Crippen molar-refractivity contribution in [1.82, 2.24) is 14.8 Å². The molecule has 0 radical (unpaired) electrons. The Labute approximate surface area is 139 Å². The first-order valence-electron chi connectivity index (χ1n) is 8.04. The fourth-order valence-electron chi connectivity index (χ4n) is 2.77. The van der Waals surface area contributed by atoms with E-state index >= 15 is 0 Å². The van der Waals surface area contributed by atoms with Crippen molar-refractivity contribution in [2.24, 2.45) is 0 Å². The van der Waals surface area contributed by atoms with Crippen LogP contribution in [0.1, 0.15) is 46.3 Å². The van der Waals surface area contributed by atoms with Gasteiger partial charge in [0.15, 0.2) is 6.39 Å². The van der Waals surface area contributed by atoms with Crippen molar-refractivity contribution < 1.29 is 9.21 Å². The molecule has 6 nitrogen and oxygen atoms in total. The highest BCUT2D eigenvalue weighted by atomic mass is 16.3. The van der Waals surface area contributed by atoms with Crippen LogP contribution >= 0.6 is 0 Å². The van der Waals surface area contributed by atoms with Crippen LogP contribution in [0.3, 0.4) is 0 Å². The van der Waals surface area contributed by atoms with Gasteiger partial charge in [0.2, 0.25) is 5.76 Å². The zero-order valence-electron chi connectivity index (χ0n) is 13.4. The Balaban J connectivity index is 1.56. The number of hydrogen-bond acceptors (Lipinski definition) is 4. The summed E-state index contributed by atoms with van der Waals surface area (Å²) >= 11 is 0. The Hall–Kier alpha value is -2.89. The zero-order valence-corrected chi connectivity index (χ0v) is 13.4. The summed E-state index contributed by atoms with van der Waals surface area (Å²) in [5, 5.41) is 7.37. The molecule has 122 valence electrons. The number of anilines is 1. The number of benzene rings is 1. The molecule has 24 heavy (non-hydrogen) atoms. The summed E-state index contributed by atoms with van der Waals surface area (Å²) in [5.74, 6) is 1.05. The summed E-state index contributed by atoms with van der Waals surface area (Å²) in [5.41, 5.74) is 2.73. The molecule has 0 saturated heterocycles. The second-order valence-electron chi connectivity index (χ2n) is 6.11. The largest absolute Gasteiger partial charge is 0.438 e. The lowest BCUT2D eigenvalue weighted by atomic mass is 10.2. The lowest BCUT2D eigenvalue weighted by molar-refractivity contribution is 0.0994. The minimum atomic E-state index is -0.274. The van der Waals surface area contributed by atoms with Gasteiger partial charge in [-0.3, -0.25) is 4.79 Å². The smallest absolute Gasteiger partial charge is 0.294 e. The van der Waals surface area contributed by atoms with Crippen LogP contribution < -0.4 is 5.32 Å². The van der Waals surface area contributed by atoms with Gasteiger partial charge < -0.3 is 9.73 Å². The monoisotopic (exact) mass is 322 g/mol. The van der Waals surface area contributed by atoms with E-state index in [2.05, 4.69) is 15.4 Å². The molecule has 1 N–H and O–H groups in total. The van der Waals surface area contributed by atoms with Crippen molar-refractivity contribution in [3.05, 3.63) is 65.5 Å². The maximum absolute atomic E-state index is 12.6. The topological polar surface area (TPSA) is 73.0 Å². The van der Waals surface area contributed by atoms with Gasteiger partial charge in [-0.15, -0.1) is 0 Å². The van der Waals surface area contributed by atoms with Crippen LogP contribution in [0, 0.1) is 6.92 Å². The van der Waals surface area contributed by atoms with Crippen LogP contribution in [0.5, 0.6) is 0 Å². The molecule has 1 aliphatic carbocycles. The van der Waals surface area contributed by atoms with Crippen LogP contribution in [-0.4, -0.2) is 20.7 Å². The lowest BCUT2D eigenvalue weighted by Gasteiger charge is -2.08. The number of aromatic nitrogens is 3. The molecule has 0 atom stereocenters. The van der Waals surface area contributed by atoms with E-state index in [-0.39, 0.29) is 5.91 Å². The number of amides is 1. The third kappa shape index (κ3) is 2.95. The van der Waals surface area contributed by atoms with Crippen LogP contribution in [0.4, 0.5) is 5.82 Å². The number of carbonyl (C=O) groups excluding carboxylic acids is 1. The van der Waals surface area contributed by atoms with E-state index in [4.69, 9.17) is 4.42 Å². The first kappa shape index (κ1) is 14.7. The zero-order chi connectivity index (χ0) is 16.5. The summed E-state index contributed by atoms with van der Waals surface area (Å²) in [6, 6.07) is 11.9. The van der Waals surface area contributed by atoms with E-state index in [1.807, 2.05) is 43.3 Å². The van der Waals surface area contributed by atoms with Crippen molar-refractivity contribution in [3.8, 4) is 0 Å². The summed E-state index contributed by atoms with van der Waals surface area (Å²) in [6.45, 7) is 2.50. The summed E-state index contributed by atoms with van der Waals surface area (Å²) in [4.78, 5) is 16.7. The standard InChI is InChI=1S/C18H18N4O2/c1-12-9-15(22(21-12)10-13-5-3-2-4-6-13)20-18(23)17-16(14-7-8-14)19-11-24-17/h2-6,9,11,14H,7-8,10H2,1H3,(H,20,23). The molecule has 1 saturated carbocycles. The molecular weight excluding hydrogens is 304 g/mol. The minimum absolute atomic E-state index is 0.274. The van der Waals surface area contributed by atoms with Gasteiger partial charge in [0, 0.05) is 12.0 Å². The van der Waals surface area contributed by atoms with Crippen LogP contribution in [0.25, 0.3) is 0 Å². The minimum Gasteiger partial charge on any atom is -0.438 e.